The molecular formula is C11H20F3NO2. The van der Waals surface area contributed by atoms with Crippen LogP contribution in [0.5, 0.6) is 0 Å². The van der Waals surface area contributed by atoms with E-state index >= 15 is 0 Å². The standard InChI is InChI=1S/C11H20F3NO2/c1-9(16-6-4-11(12,13)14)7-15-8-10-3-2-5-17-10/h9-10,15H,2-8H2,1H3. The van der Waals surface area contributed by atoms with Crippen LogP contribution in [-0.4, -0.2) is 44.7 Å². The average Bonchev–Trinajstić information content (AvgIpc) is 2.68. The summed E-state index contributed by atoms with van der Waals surface area (Å²) >= 11 is 0. The van der Waals surface area contributed by atoms with Gasteiger partial charge in [-0.2, -0.15) is 13.2 Å². The van der Waals surface area contributed by atoms with E-state index in [1.165, 1.54) is 0 Å². The number of rotatable bonds is 7. The normalized spacial score (nSPS) is 22.9. The van der Waals surface area contributed by atoms with E-state index in [2.05, 4.69) is 5.32 Å². The Hall–Kier alpha value is -0.330. The van der Waals surface area contributed by atoms with Gasteiger partial charge in [-0.1, -0.05) is 0 Å². The minimum atomic E-state index is -4.13. The predicted octanol–water partition coefficient (Wildman–Crippen LogP) is 2.11. The molecule has 6 heteroatoms. The molecule has 1 aliphatic rings. The fraction of sp³-hybridized carbons (Fsp3) is 1.00. The highest BCUT2D eigenvalue weighted by Crippen LogP contribution is 2.19. The van der Waals surface area contributed by atoms with E-state index in [0.717, 1.165) is 26.0 Å². The Morgan fingerprint density at radius 2 is 2.24 bits per heavy atom. The number of halogens is 3. The van der Waals surface area contributed by atoms with Gasteiger partial charge in [0.05, 0.1) is 25.2 Å². The molecule has 2 unspecified atom stereocenters. The average molecular weight is 255 g/mol. The summed E-state index contributed by atoms with van der Waals surface area (Å²) in [5.41, 5.74) is 0. The lowest BCUT2D eigenvalue weighted by Crippen LogP contribution is -2.33. The number of ether oxygens (including phenoxy) is 2. The summed E-state index contributed by atoms with van der Waals surface area (Å²) in [6, 6.07) is 0. The van der Waals surface area contributed by atoms with E-state index in [0.29, 0.717) is 6.54 Å². The van der Waals surface area contributed by atoms with Gasteiger partial charge in [0.2, 0.25) is 0 Å². The van der Waals surface area contributed by atoms with E-state index in [4.69, 9.17) is 9.47 Å². The molecule has 0 aromatic rings. The molecule has 1 saturated heterocycles. The van der Waals surface area contributed by atoms with Crippen molar-refractivity contribution in [2.75, 3.05) is 26.3 Å². The molecule has 0 aromatic carbocycles. The van der Waals surface area contributed by atoms with Crippen molar-refractivity contribution in [3.63, 3.8) is 0 Å². The molecule has 102 valence electrons. The zero-order chi connectivity index (χ0) is 12.7. The van der Waals surface area contributed by atoms with Gasteiger partial charge in [-0.05, 0) is 19.8 Å². The molecule has 0 spiro atoms. The zero-order valence-electron chi connectivity index (χ0n) is 10.1. The summed E-state index contributed by atoms with van der Waals surface area (Å²) in [5.74, 6) is 0. The van der Waals surface area contributed by atoms with E-state index in [9.17, 15) is 13.2 Å². The third-order valence-corrected chi connectivity index (χ3v) is 2.62. The van der Waals surface area contributed by atoms with Gasteiger partial charge in [0.25, 0.3) is 0 Å². The smallest absolute Gasteiger partial charge is 0.377 e. The van der Waals surface area contributed by atoms with Gasteiger partial charge in [0, 0.05) is 19.7 Å². The second-order valence-corrected chi connectivity index (χ2v) is 4.34. The van der Waals surface area contributed by atoms with Crippen LogP contribution in [0.15, 0.2) is 0 Å². The summed E-state index contributed by atoms with van der Waals surface area (Å²) in [4.78, 5) is 0. The molecule has 1 N–H and O–H groups in total. The third-order valence-electron chi connectivity index (χ3n) is 2.62. The van der Waals surface area contributed by atoms with Crippen LogP contribution in [0.4, 0.5) is 13.2 Å². The maximum atomic E-state index is 11.9. The maximum absolute atomic E-state index is 11.9. The first-order valence-electron chi connectivity index (χ1n) is 5.98. The molecule has 1 heterocycles. The van der Waals surface area contributed by atoms with Crippen LogP contribution in [0, 0.1) is 0 Å². The Balaban J connectivity index is 1.95. The van der Waals surface area contributed by atoms with Crippen molar-refractivity contribution in [1.29, 1.82) is 0 Å². The lowest BCUT2D eigenvalue weighted by Gasteiger charge is -2.16. The maximum Gasteiger partial charge on any atom is 0.391 e. The Kier molecular flexibility index (Phi) is 6.22. The summed E-state index contributed by atoms with van der Waals surface area (Å²) in [5, 5.41) is 3.14. The second kappa shape index (κ2) is 7.18. The molecule has 0 aliphatic carbocycles. The molecule has 3 nitrogen and oxygen atoms in total. The Morgan fingerprint density at radius 1 is 1.47 bits per heavy atom. The van der Waals surface area contributed by atoms with Gasteiger partial charge in [-0.25, -0.2) is 0 Å². The van der Waals surface area contributed by atoms with Crippen molar-refractivity contribution in [1.82, 2.24) is 5.32 Å². The number of hydrogen-bond acceptors (Lipinski definition) is 3. The van der Waals surface area contributed by atoms with Crippen LogP contribution in [0.1, 0.15) is 26.2 Å². The summed E-state index contributed by atoms with van der Waals surface area (Å²) in [6.07, 6.45) is -2.84. The molecule has 2 atom stereocenters. The molecule has 0 radical (unpaired) electrons. The SMILES string of the molecule is CC(CNCC1CCCO1)OCCC(F)(F)F. The first-order chi connectivity index (χ1) is 7.97. The Labute approximate surface area is 99.7 Å². The number of alkyl halides is 3. The molecule has 1 rings (SSSR count). The molecule has 1 fully saturated rings. The summed E-state index contributed by atoms with van der Waals surface area (Å²) in [6.45, 7) is 3.60. The van der Waals surface area contributed by atoms with Crippen LogP contribution >= 0.6 is 0 Å². The predicted molar refractivity (Wildman–Crippen MR) is 57.9 cm³/mol. The van der Waals surface area contributed by atoms with Gasteiger partial charge in [-0.15, -0.1) is 0 Å². The summed E-state index contributed by atoms with van der Waals surface area (Å²) < 4.78 is 46.0. The van der Waals surface area contributed by atoms with Crippen LogP contribution < -0.4 is 5.32 Å². The molecule has 0 amide bonds. The topological polar surface area (TPSA) is 30.5 Å². The van der Waals surface area contributed by atoms with Gasteiger partial charge in [0.15, 0.2) is 0 Å². The molecular weight excluding hydrogens is 235 g/mol. The van der Waals surface area contributed by atoms with Crippen LogP contribution in [0.25, 0.3) is 0 Å². The number of nitrogens with one attached hydrogen (secondary N) is 1. The van der Waals surface area contributed by atoms with E-state index < -0.39 is 12.6 Å². The minimum Gasteiger partial charge on any atom is -0.377 e. The Bertz CT molecular complexity index is 205. The van der Waals surface area contributed by atoms with E-state index in [1.807, 2.05) is 0 Å². The van der Waals surface area contributed by atoms with E-state index in [-0.39, 0.29) is 18.8 Å². The van der Waals surface area contributed by atoms with Crippen LogP contribution in [0.2, 0.25) is 0 Å². The summed E-state index contributed by atoms with van der Waals surface area (Å²) in [7, 11) is 0. The molecule has 0 saturated carbocycles. The van der Waals surface area contributed by atoms with Gasteiger partial charge >= 0.3 is 6.18 Å². The van der Waals surface area contributed by atoms with Gasteiger partial charge in [-0.3, -0.25) is 0 Å². The molecule has 0 aromatic heterocycles. The minimum absolute atomic E-state index is 0.209. The van der Waals surface area contributed by atoms with Crippen molar-refractivity contribution in [2.24, 2.45) is 0 Å². The van der Waals surface area contributed by atoms with E-state index in [1.54, 1.807) is 6.92 Å². The fourth-order valence-electron chi connectivity index (χ4n) is 1.69. The van der Waals surface area contributed by atoms with Crippen LogP contribution in [0.3, 0.4) is 0 Å². The first-order valence-corrected chi connectivity index (χ1v) is 5.98. The zero-order valence-corrected chi connectivity index (χ0v) is 10.1. The lowest BCUT2D eigenvalue weighted by atomic mass is 10.2. The van der Waals surface area contributed by atoms with Crippen molar-refractivity contribution >= 4 is 0 Å². The second-order valence-electron chi connectivity index (χ2n) is 4.34. The van der Waals surface area contributed by atoms with Crippen molar-refractivity contribution in [3.05, 3.63) is 0 Å². The van der Waals surface area contributed by atoms with Crippen LogP contribution in [-0.2, 0) is 9.47 Å². The highest BCUT2D eigenvalue weighted by atomic mass is 19.4. The van der Waals surface area contributed by atoms with Crippen molar-refractivity contribution in [3.8, 4) is 0 Å². The fourth-order valence-corrected chi connectivity index (χ4v) is 1.69. The largest absolute Gasteiger partial charge is 0.391 e. The number of hydrogen-bond donors (Lipinski definition) is 1. The van der Waals surface area contributed by atoms with Gasteiger partial charge < -0.3 is 14.8 Å². The molecule has 1 aliphatic heterocycles. The lowest BCUT2D eigenvalue weighted by molar-refractivity contribution is -0.148. The monoisotopic (exact) mass is 255 g/mol. The quantitative estimate of drug-likeness (QED) is 0.756. The highest BCUT2D eigenvalue weighted by molar-refractivity contribution is 4.68. The highest BCUT2D eigenvalue weighted by Gasteiger charge is 2.26. The molecule has 0 bridgehead atoms. The first kappa shape index (κ1) is 14.7. The van der Waals surface area contributed by atoms with Gasteiger partial charge in [0.1, 0.15) is 0 Å². The van der Waals surface area contributed by atoms with Crippen molar-refractivity contribution in [2.45, 2.75) is 44.6 Å². The van der Waals surface area contributed by atoms with Crippen molar-refractivity contribution < 1.29 is 22.6 Å². The molecule has 17 heavy (non-hydrogen) atoms. The Morgan fingerprint density at radius 3 is 2.82 bits per heavy atom. The third kappa shape index (κ3) is 7.57.